The van der Waals surface area contributed by atoms with Crippen molar-refractivity contribution in [1.29, 1.82) is 0 Å². The smallest absolute Gasteiger partial charge is 0.250 e. The van der Waals surface area contributed by atoms with Crippen molar-refractivity contribution < 1.29 is 14.4 Å². The van der Waals surface area contributed by atoms with Crippen molar-refractivity contribution in [2.24, 2.45) is 0 Å². The van der Waals surface area contributed by atoms with Crippen LogP contribution in [-0.4, -0.2) is 34.2 Å². The molecule has 2 aliphatic rings. The topological polar surface area (TPSA) is 78.5 Å². The Morgan fingerprint density at radius 3 is 2.27 bits per heavy atom. The highest BCUT2D eigenvalue weighted by Crippen LogP contribution is 2.37. The van der Waals surface area contributed by atoms with Gasteiger partial charge in [-0.1, -0.05) is 67.8 Å². The van der Waals surface area contributed by atoms with Gasteiger partial charge in [-0.3, -0.25) is 14.4 Å². The fourth-order valence-corrected chi connectivity index (χ4v) is 5.19. The van der Waals surface area contributed by atoms with Gasteiger partial charge in [0.2, 0.25) is 17.7 Å². The minimum Gasteiger partial charge on any atom is -0.344 e. The maximum atomic E-state index is 14.0. The molecule has 2 fully saturated rings. The number of hydrogen-bond acceptors (Lipinski definition) is 3. The average Bonchev–Trinajstić information content (AvgIpc) is 3.27. The highest BCUT2D eigenvalue weighted by atomic mass is 16.2. The van der Waals surface area contributed by atoms with Gasteiger partial charge in [-0.2, -0.15) is 0 Å². The van der Waals surface area contributed by atoms with Gasteiger partial charge in [-0.05, 0) is 49.8 Å². The van der Waals surface area contributed by atoms with E-state index in [1.165, 1.54) is 0 Å². The summed E-state index contributed by atoms with van der Waals surface area (Å²) in [7, 11) is 0. The van der Waals surface area contributed by atoms with E-state index < -0.39 is 11.6 Å². The molecule has 2 N–H and O–H groups in total. The third kappa shape index (κ3) is 4.80. The van der Waals surface area contributed by atoms with E-state index >= 15 is 0 Å². The van der Waals surface area contributed by atoms with E-state index in [0.717, 1.165) is 41.6 Å². The van der Waals surface area contributed by atoms with Gasteiger partial charge < -0.3 is 15.5 Å². The highest BCUT2D eigenvalue weighted by molar-refractivity contribution is 6.02. The number of hydrogen-bond donors (Lipinski definition) is 2. The van der Waals surface area contributed by atoms with Gasteiger partial charge in [0.15, 0.2) is 0 Å². The van der Waals surface area contributed by atoms with Crippen LogP contribution in [0.3, 0.4) is 0 Å². The minimum absolute atomic E-state index is 0.106. The first-order chi connectivity index (χ1) is 15.9. The van der Waals surface area contributed by atoms with E-state index in [4.69, 9.17) is 0 Å². The molecule has 0 spiro atoms. The van der Waals surface area contributed by atoms with E-state index in [1.54, 1.807) is 4.90 Å². The Kier molecular flexibility index (Phi) is 6.82. The number of nitrogens with zero attached hydrogens (tertiary/aromatic N) is 1. The van der Waals surface area contributed by atoms with E-state index in [9.17, 15) is 14.4 Å². The Morgan fingerprint density at radius 2 is 1.67 bits per heavy atom. The molecule has 1 aliphatic heterocycles. The molecule has 1 aliphatic carbocycles. The maximum Gasteiger partial charge on any atom is 0.250 e. The standard InChI is InChI=1S/C27H33N3O3/c1-19-10-9-11-20(2)24(19)29-26(33)27(16-7-4-8-17-27)30(18-21-12-5-3-6-13-21)25(32)22-14-15-23(31)28-22/h3,5-6,9-13,22H,4,7-8,14-18H2,1-2H3,(H,28,31)(H,29,33). The van der Waals surface area contributed by atoms with Gasteiger partial charge in [-0.25, -0.2) is 0 Å². The van der Waals surface area contributed by atoms with Crippen molar-refractivity contribution in [2.45, 2.75) is 76.9 Å². The van der Waals surface area contributed by atoms with Gasteiger partial charge >= 0.3 is 0 Å². The molecule has 1 saturated heterocycles. The lowest BCUT2D eigenvalue weighted by atomic mass is 9.78. The molecule has 0 aromatic heterocycles. The van der Waals surface area contributed by atoms with Crippen LogP contribution < -0.4 is 10.6 Å². The van der Waals surface area contributed by atoms with Gasteiger partial charge in [0.25, 0.3) is 0 Å². The summed E-state index contributed by atoms with van der Waals surface area (Å²) in [6, 6.07) is 15.2. The van der Waals surface area contributed by atoms with Crippen molar-refractivity contribution in [3.8, 4) is 0 Å². The largest absolute Gasteiger partial charge is 0.344 e. The Bertz CT molecular complexity index is 1010. The molecule has 3 amide bonds. The van der Waals surface area contributed by atoms with Crippen molar-refractivity contribution in [3.05, 3.63) is 65.2 Å². The first kappa shape index (κ1) is 23.0. The van der Waals surface area contributed by atoms with Crippen molar-refractivity contribution in [2.75, 3.05) is 5.32 Å². The summed E-state index contributed by atoms with van der Waals surface area (Å²) in [6.45, 7) is 4.31. The first-order valence-electron chi connectivity index (χ1n) is 11.9. The quantitative estimate of drug-likeness (QED) is 0.695. The SMILES string of the molecule is Cc1cccc(C)c1NC(=O)C1(N(Cc2ccccc2)C(=O)C2CCC(=O)N2)CCCCC1. The highest BCUT2D eigenvalue weighted by Gasteiger charge is 2.49. The van der Waals surface area contributed by atoms with Crippen LogP contribution in [0.25, 0.3) is 0 Å². The Morgan fingerprint density at radius 1 is 1.00 bits per heavy atom. The average molecular weight is 448 g/mol. The van der Waals surface area contributed by atoms with Crippen LogP contribution in [0.2, 0.25) is 0 Å². The zero-order valence-electron chi connectivity index (χ0n) is 19.5. The predicted octanol–water partition coefficient (Wildman–Crippen LogP) is 4.25. The van der Waals surface area contributed by atoms with Crippen LogP contribution in [0.4, 0.5) is 5.69 Å². The van der Waals surface area contributed by atoms with E-state index in [1.807, 2.05) is 62.4 Å². The van der Waals surface area contributed by atoms with Crippen molar-refractivity contribution in [3.63, 3.8) is 0 Å². The Balaban J connectivity index is 1.72. The molecule has 174 valence electrons. The summed E-state index contributed by atoms with van der Waals surface area (Å²) >= 11 is 0. The number of nitrogens with one attached hydrogen (secondary N) is 2. The van der Waals surface area contributed by atoms with Crippen molar-refractivity contribution in [1.82, 2.24) is 10.2 Å². The maximum absolute atomic E-state index is 14.0. The number of amides is 3. The lowest BCUT2D eigenvalue weighted by Gasteiger charge is -2.46. The monoisotopic (exact) mass is 447 g/mol. The second-order valence-corrected chi connectivity index (χ2v) is 9.38. The van der Waals surface area contributed by atoms with Gasteiger partial charge in [0.05, 0.1) is 0 Å². The molecule has 0 bridgehead atoms. The summed E-state index contributed by atoms with van der Waals surface area (Å²) in [5.41, 5.74) is 2.83. The van der Waals surface area contributed by atoms with Crippen LogP contribution in [0, 0.1) is 13.8 Å². The first-order valence-corrected chi connectivity index (χ1v) is 11.9. The zero-order valence-corrected chi connectivity index (χ0v) is 19.5. The number of rotatable bonds is 6. The predicted molar refractivity (Wildman–Crippen MR) is 129 cm³/mol. The number of carbonyl (C=O) groups excluding carboxylic acids is 3. The zero-order chi connectivity index (χ0) is 23.4. The molecule has 1 unspecified atom stereocenters. The number of aryl methyl sites for hydroxylation is 2. The summed E-state index contributed by atoms with van der Waals surface area (Å²) in [4.78, 5) is 41.5. The molecule has 6 heteroatoms. The normalized spacial score (nSPS) is 19.6. The third-order valence-corrected chi connectivity index (χ3v) is 7.08. The molecule has 6 nitrogen and oxygen atoms in total. The molecular weight excluding hydrogens is 414 g/mol. The fourth-order valence-electron chi connectivity index (χ4n) is 5.19. The molecule has 0 radical (unpaired) electrons. The Hall–Kier alpha value is -3.15. The molecule has 2 aromatic rings. The van der Waals surface area contributed by atoms with Crippen LogP contribution in [0.1, 0.15) is 61.6 Å². The second kappa shape index (κ2) is 9.77. The molecule has 33 heavy (non-hydrogen) atoms. The summed E-state index contributed by atoms with van der Waals surface area (Å²) in [5, 5.41) is 6.01. The summed E-state index contributed by atoms with van der Waals surface area (Å²) < 4.78 is 0. The summed E-state index contributed by atoms with van der Waals surface area (Å²) in [5.74, 6) is -0.401. The number of para-hydroxylation sites is 1. The van der Waals surface area contributed by atoms with Gasteiger partial charge in [0, 0.05) is 18.7 Å². The van der Waals surface area contributed by atoms with E-state index in [0.29, 0.717) is 32.2 Å². The molecule has 1 atom stereocenters. The van der Waals surface area contributed by atoms with Crippen LogP contribution in [-0.2, 0) is 20.9 Å². The Labute approximate surface area is 195 Å². The van der Waals surface area contributed by atoms with Gasteiger partial charge in [0.1, 0.15) is 11.6 Å². The summed E-state index contributed by atoms with van der Waals surface area (Å²) in [6.07, 6.45) is 4.86. The number of anilines is 1. The van der Waals surface area contributed by atoms with Gasteiger partial charge in [-0.15, -0.1) is 0 Å². The van der Waals surface area contributed by atoms with E-state index in [2.05, 4.69) is 10.6 Å². The van der Waals surface area contributed by atoms with Crippen LogP contribution >= 0.6 is 0 Å². The van der Waals surface area contributed by atoms with E-state index in [-0.39, 0.29) is 17.7 Å². The van der Waals surface area contributed by atoms with Crippen LogP contribution in [0.5, 0.6) is 0 Å². The lowest BCUT2D eigenvalue weighted by molar-refractivity contribution is -0.150. The molecular formula is C27H33N3O3. The minimum atomic E-state index is -0.951. The molecule has 4 rings (SSSR count). The van der Waals surface area contributed by atoms with Crippen molar-refractivity contribution >= 4 is 23.4 Å². The molecule has 2 aromatic carbocycles. The molecule has 1 saturated carbocycles. The second-order valence-electron chi connectivity index (χ2n) is 9.38. The number of benzene rings is 2. The lowest BCUT2D eigenvalue weighted by Crippen LogP contribution is -2.62. The third-order valence-electron chi connectivity index (χ3n) is 7.08. The molecule has 1 heterocycles. The fraction of sp³-hybridized carbons (Fsp3) is 0.444. The van der Waals surface area contributed by atoms with Crippen LogP contribution in [0.15, 0.2) is 48.5 Å². The number of carbonyl (C=O) groups is 3.